The van der Waals surface area contributed by atoms with Crippen LogP contribution in [-0.4, -0.2) is 15.9 Å². The molecule has 0 saturated heterocycles. The van der Waals surface area contributed by atoms with E-state index in [0.29, 0.717) is 0 Å². The Kier molecular flexibility index (Phi) is 5.45. The molecule has 0 radical (unpaired) electrons. The largest absolute Gasteiger partial charge is 0.506 e. The van der Waals surface area contributed by atoms with Gasteiger partial charge in [0.2, 0.25) is 0 Å². The Morgan fingerprint density at radius 3 is 2.52 bits per heavy atom. The summed E-state index contributed by atoms with van der Waals surface area (Å²) in [5.41, 5.74) is -2.10. The molecule has 0 aliphatic rings. The van der Waals surface area contributed by atoms with Gasteiger partial charge in [-0.1, -0.05) is 12.1 Å². The summed E-state index contributed by atoms with van der Waals surface area (Å²) in [7, 11) is 0. The molecule has 2 N–H and O–H groups in total. The van der Waals surface area contributed by atoms with E-state index in [9.17, 15) is 33.2 Å². The van der Waals surface area contributed by atoms with Crippen LogP contribution in [0.4, 0.5) is 24.5 Å². The molecular formula is C17H10F3N3O4. The number of alkyl halides is 3. The molecule has 0 bridgehead atoms. The van der Waals surface area contributed by atoms with Gasteiger partial charge in [0.05, 0.1) is 22.2 Å². The fourth-order valence-corrected chi connectivity index (χ4v) is 2.05. The quantitative estimate of drug-likeness (QED) is 0.276. The van der Waals surface area contributed by atoms with E-state index in [1.165, 1.54) is 6.07 Å². The average Bonchev–Trinajstić information content (AvgIpc) is 2.60. The van der Waals surface area contributed by atoms with E-state index in [-0.39, 0.29) is 11.3 Å². The van der Waals surface area contributed by atoms with Gasteiger partial charge in [-0.2, -0.15) is 18.4 Å². The zero-order valence-corrected chi connectivity index (χ0v) is 13.3. The molecule has 0 aromatic heterocycles. The molecule has 2 aromatic rings. The Labute approximate surface area is 150 Å². The van der Waals surface area contributed by atoms with Crippen LogP contribution in [0, 0.1) is 21.4 Å². The van der Waals surface area contributed by atoms with Crippen LogP contribution in [0.2, 0.25) is 0 Å². The van der Waals surface area contributed by atoms with Crippen molar-refractivity contribution in [3.8, 4) is 11.8 Å². The van der Waals surface area contributed by atoms with Gasteiger partial charge < -0.3 is 10.4 Å². The van der Waals surface area contributed by atoms with E-state index in [4.69, 9.17) is 5.26 Å². The van der Waals surface area contributed by atoms with Gasteiger partial charge in [-0.25, -0.2) is 0 Å². The molecular weight excluding hydrogens is 367 g/mol. The number of nitro groups is 1. The maximum atomic E-state index is 12.7. The summed E-state index contributed by atoms with van der Waals surface area (Å²) in [6.45, 7) is 0. The SMILES string of the molecule is N#C/C(=C\c1cccc(C(F)(F)F)c1)C(=O)Nc1ccc([N+](=O)[O-])cc1O. The number of hydrogen-bond donors (Lipinski definition) is 2. The fourth-order valence-electron chi connectivity index (χ4n) is 2.05. The molecule has 0 aliphatic carbocycles. The van der Waals surface area contributed by atoms with Crippen LogP contribution in [-0.2, 0) is 11.0 Å². The Hall–Kier alpha value is -3.87. The van der Waals surface area contributed by atoms with Crippen LogP contribution in [0.5, 0.6) is 5.75 Å². The van der Waals surface area contributed by atoms with Crippen molar-refractivity contribution in [2.75, 3.05) is 5.32 Å². The topological polar surface area (TPSA) is 116 Å². The number of benzene rings is 2. The maximum Gasteiger partial charge on any atom is 0.416 e. The number of hydrogen-bond acceptors (Lipinski definition) is 5. The number of carbonyl (C=O) groups is 1. The predicted octanol–water partition coefficient (Wildman–Crippen LogP) is 3.86. The lowest BCUT2D eigenvalue weighted by atomic mass is 10.1. The summed E-state index contributed by atoms with van der Waals surface area (Å²) >= 11 is 0. The van der Waals surface area contributed by atoms with Gasteiger partial charge in [-0.3, -0.25) is 14.9 Å². The van der Waals surface area contributed by atoms with Crippen LogP contribution < -0.4 is 5.32 Å². The minimum atomic E-state index is -4.58. The third kappa shape index (κ3) is 4.82. The number of amides is 1. The molecule has 0 unspecified atom stereocenters. The van der Waals surface area contributed by atoms with Gasteiger partial charge in [-0.15, -0.1) is 0 Å². The van der Waals surface area contributed by atoms with E-state index >= 15 is 0 Å². The van der Waals surface area contributed by atoms with Crippen molar-refractivity contribution in [1.82, 2.24) is 0 Å². The summed E-state index contributed by atoms with van der Waals surface area (Å²) < 4.78 is 38.2. The number of phenolic OH excluding ortho intramolecular Hbond substituents is 1. The van der Waals surface area contributed by atoms with Gasteiger partial charge in [-0.05, 0) is 29.8 Å². The van der Waals surface area contributed by atoms with Crippen molar-refractivity contribution in [1.29, 1.82) is 5.26 Å². The summed E-state index contributed by atoms with van der Waals surface area (Å²) in [4.78, 5) is 22.0. The van der Waals surface area contributed by atoms with E-state index in [0.717, 1.165) is 42.5 Å². The number of non-ortho nitro benzene ring substituents is 1. The predicted molar refractivity (Wildman–Crippen MR) is 88.4 cm³/mol. The minimum Gasteiger partial charge on any atom is -0.506 e. The Bertz CT molecular complexity index is 978. The van der Waals surface area contributed by atoms with E-state index in [1.54, 1.807) is 6.07 Å². The smallest absolute Gasteiger partial charge is 0.416 e. The highest BCUT2D eigenvalue weighted by Crippen LogP contribution is 2.30. The van der Waals surface area contributed by atoms with Crippen LogP contribution in [0.1, 0.15) is 11.1 Å². The van der Waals surface area contributed by atoms with Crippen molar-refractivity contribution in [2.24, 2.45) is 0 Å². The first-order chi connectivity index (χ1) is 12.6. The fraction of sp³-hybridized carbons (Fsp3) is 0.0588. The zero-order valence-electron chi connectivity index (χ0n) is 13.3. The van der Waals surface area contributed by atoms with Crippen molar-refractivity contribution in [2.45, 2.75) is 6.18 Å². The molecule has 0 fully saturated rings. The lowest BCUT2D eigenvalue weighted by molar-refractivity contribution is -0.384. The maximum absolute atomic E-state index is 12.7. The number of nitro benzene ring substituents is 1. The van der Waals surface area contributed by atoms with Gasteiger partial charge in [0.1, 0.15) is 17.4 Å². The van der Waals surface area contributed by atoms with Crippen LogP contribution in [0.25, 0.3) is 6.08 Å². The first kappa shape index (κ1) is 19.5. The molecule has 0 atom stereocenters. The van der Waals surface area contributed by atoms with Gasteiger partial charge >= 0.3 is 6.18 Å². The van der Waals surface area contributed by atoms with Crippen molar-refractivity contribution < 1.29 is 28.0 Å². The van der Waals surface area contributed by atoms with Crippen LogP contribution in [0.3, 0.4) is 0 Å². The Morgan fingerprint density at radius 1 is 1.26 bits per heavy atom. The summed E-state index contributed by atoms with van der Waals surface area (Å²) in [5.74, 6) is -1.60. The zero-order chi connectivity index (χ0) is 20.2. The lowest BCUT2D eigenvalue weighted by Gasteiger charge is -2.08. The molecule has 2 rings (SSSR count). The summed E-state index contributed by atoms with van der Waals surface area (Å²) in [5, 5.41) is 31.6. The normalized spacial score (nSPS) is 11.6. The molecule has 1 amide bonds. The van der Waals surface area contributed by atoms with Crippen LogP contribution in [0.15, 0.2) is 48.0 Å². The van der Waals surface area contributed by atoms with Gasteiger partial charge in [0.15, 0.2) is 0 Å². The molecule has 0 aliphatic heterocycles. The number of anilines is 1. The molecule has 7 nitrogen and oxygen atoms in total. The average molecular weight is 377 g/mol. The van der Waals surface area contributed by atoms with Crippen molar-refractivity contribution in [3.63, 3.8) is 0 Å². The number of nitrogens with one attached hydrogen (secondary N) is 1. The summed E-state index contributed by atoms with van der Waals surface area (Å²) in [6.07, 6.45) is -3.63. The third-order valence-electron chi connectivity index (χ3n) is 3.33. The molecule has 0 saturated carbocycles. The molecule has 0 heterocycles. The molecule has 138 valence electrons. The number of carbonyl (C=O) groups excluding carboxylic acids is 1. The first-order valence-corrected chi connectivity index (χ1v) is 7.19. The van der Waals surface area contributed by atoms with E-state index in [1.807, 2.05) is 0 Å². The molecule has 2 aromatic carbocycles. The Morgan fingerprint density at radius 2 is 1.96 bits per heavy atom. The number of nitrogens with zero attached hydrogens (tertiary/aromatic N) is 2. The number of aromatic hydroxyl groups is 1. The highest BCUT2D eigenvalue weighted by atomic mass is 19.4. The molecule has 0 spiro atoms. The lowest BCUT2D eigenvalue weighted by Crippen LogP contribution is -2.13. The van der Waals surface area contributed by atoms with E-state index in [2.05, 4.69) is 5.32 Å². The third-order valence-corrected chi connectivity index (χ3v) is 3.33. The standard InChI is InChI=1S/C17H10F3N3O4/c18-17(19,20)12-3-1-2-10(7-12)6-11(9-21)16(25)22-14-5-4-13(23(26)27)8-15(14)24/h1-8,24H,(H,22,25)/b11-6+. The second kappa shape index (κ2) is 7.57. The number of nitriles is 1. The number of halogens is 3. The number of rotatable bonds is 4. The van der Waals surface area contributed by atoms with Gasteiger partial charge in [0, 0.05) is 6.07 Å². The van der Waals surface area contributed by atoms with Crippen molar-refractivity contribution >= 4 is 23.4 Å². The highest BCUT2D eigenvalue weighted by Gasteiger charge is 2.30. The minimum absolute atomic E-state index is 0.0237. The first-order valence-electron chi connectivity index (χ1n) is 7.19. The Balaban J connectivity index is 2.28. The van der Waals surface area contributed by atoms with Crippen LogP contribution >= 0.6 is 0 Å². The van der Waals surface area contributed by atoms with Gasteiger partial charge in [0.25, 0.3) is 11.6 Å². The molecule has 10 heteroatoms. The molecule has 27 heavy (non-hydrogen) atoms. The second-order valence-electron chi connectivity index (χ2n) is 5.21. The monoisotopic (exact) mass is 377 g/mol. The highest BCUT2D eigenvalue weighted by molar-refractivity contribution is 6.10. The number of phenols is 1. The van der Waals surface area contributed by atoms with Crippen molar-refractivity contribution in [3.05, 3.63) is 69.3 Å². The van der Waals surface area contributed by atoms with E-state index < -0.39 is 39.6 Å². The summed E-state index contributed by atoms with van der Waals surface area (Å²) in [6, 6.07) is 8.47. The second-order valence-corrected chi connectivity index (χ2v) is 5.21.